The van der Waals surface area contributed by atoms with Crippen molar-refractivity contribution in [2.45, 2.75) is 0 Å². The summed E-state index contributed by atoms with van der Waals surface area (Å²) in [6.07, 6.45) is 1.75. The molecule has 1 aromatic carbocycles. The highest BCUT2D eigenvalue weighted by molar-refractivity contribution is 6.33. The maximum atomic E-state index is 10.2. The Balaban J connectivity index is 1.51. The molecule has 4 heterocycles. The summed E-state index contributed by atoms with van der Waals surface area (Å²) in [7, 11) is 0. The zero-order valence-electron chi connectivity index (χ0n) is 18.5. The molecule has 2 saturated heterocycles. The fourth-order valence-corrected chi connectivity index (χ4v) is 4.69. The van der Waals surface area contributed by atoms with Gasteiger partial charge in [0.2, 0.25) is 5.95 Å². The van der Waals surface area contributed by atoms with E-state index in [-0.39, 0.29) is 0 Å². The number of rotatable bonds is 4. The molecular weight excluding hydrogens is 473 g/mol. The molecule has 0 aliphatic carbocycles. The predicted octanol–water partition coefficient (Wildman–Crippen LogP) is 3.88. The van der Waals surface area contributed by atoms with E-state index in [9.17, 15) is 5.26 Å². The molecule has 10 heteroatoms. The Morgan fingerprint density at radius 3 is 2.26 bits per heavy atom. The molecule has 2 aliphatic rings. The first kappa shape index (κ1) is 22.7. The van der Waals surface area contributed by atoms with Crippen molar-refractivity contribution in [1.82, 2.24) is 15.0 Å². The van der Waals surface area contributed by atoms with Crippen molar-refractivity contribution in [3.8, 4) is 17.3 Å². The average molecular weight is 496 g/mol. The Morgan fingerprint density at radius 2 is 1.59 bits per heavy atom. The van der Waals surface area contributed by atoms with E-state index in [0.29, 0.717) is 85.6 Å². The Labute approximate surface area is 208 Å². The average Bonchev–Trinajstić information content (AvgIpc) is 2.89. The van der Waals surface area contributed by atoms with Crippen molar-refractivity contribution in [3.63, 3.8) is 0 Å². The maximum absolute atomic E-state index is 10.2. The van der Waals surface area contributed by atoms with Crippen LogP contribution < -0.4 is 14.7 Å². The van der Waals surface area contributed by atoms with Gasteiger partial charge in [-0.3, -0.25) is 0 Å². The van der Waals surface area contributed by atoms with Gasteiger partial charge in [0, 0.05) is 56.1 Å². The van der Waals surface area contributed by atoms with Gasteiger partial charge < -0.3 is 19.4 Å². The lowest BCUT2D eigenvalue weighted by Gasteiger charge is -2.37. The zero-order chi connectivity index (χ0) is 23.5. The van der Waals surface area contributed by atoms with Gasteiger partial charge in [0.25, 0.3) is 0 Å². The Bertz CT molecular complexity index is 1220. The van der Waals surface area contributed by atoms with Crippen LogP contribution in [0.3, 0.4) is 0 Å². The monoisotopic (exact) mass is 495 g/mol. The van der Waals surface area contributed by atoms with E-state index in [1.54, 1.807) is 6.20 Å². The summed E-state index contributed by atoms with van der Waals surface area (Å²) >= 11 is 12.6. The summed E-state index contributed by atoms with van der Waals surface area (Å²) in [6.45, 7) is 5.42. The number of hydrogen-bond acceptors (Lipinski definition) is 8. The molecule has 0 unspecified atom stereocenters. The third-order valence-electron chi connectivity index (χ3n) is 6.00. The highest BCUT2D eigenvalue weighted by atomic mass is 35.5. The van der Waals surface area contributed by atoms with Crippen LogP contribution >= 0.6 is 23.2 Å². The summed E-state index contributed by atoms with van der Waals surface area (Å²) < 4.78 is 5.51. The summed E-state index contributed by atoms with van der Waals surface area (Å²) in [5, 5.41) is 11.4. The second kappa shape index (κ2) is 10.0. The smallest absolute Gasteiger partial charge is 0.228 e. The molecule has 0 saturated carbocycles. The van der Waals surface area contributed by atoms with Crippen molar-refractivity contribution in [2.24, 2.45) is 0 Å². The number of ether oxygens (including phenoxy) is 1. The molecule has 8 nitrogen and oxygen atoms in total. The Kier molecular flexibility index (Phi) is 6.68. The second-order valence-corrected chi connectivity index (χ2v) is 8.92. The van der Waals surface area contributed by atoms with E-state index in [0.717, 1.165) is 11.4 Å². The van der Waals surface area contributed by atoms with Gasteiger partial charge in [0.1, 0.15) is 17.5 Å². The molecule has 5 rings (SSSR count). The molecular formula is C24H23Cl2N7O. The predicted molar refractivity (Wildman–Crippen MR) is 134 cm³/mol. The van der Waals surface area contributed by atoms with Gasteiger partial charge in [0.15, 0.2) is 5.82 Å². The molecule has 0 amide bonds. The number of hydrogen-bond donors (Lipinski definition) is 0. The number of aromatic nitrogens is 3. The van der Waals surface area contributed by atoms with Crippen LogP contribution in [0.1, 0.15) is 5.56 Å². The molecule has 34 heavy (non-hydrogen) atoms. The lowest BCUT2D eigenvalue weighted by molar-refractivity contribution is 0.122. The SMILES string of the molecule is N#Cc1c(-c2cccc(Cl)c2)nc(N2CCOCC2)nc1N1CCN(c2ncccc2Cl)CC1. The minimum atomic E-state index is 0.448. The van der Waals surface area contributed by atoms with Crippen LogP contribution in [-0.4, -0.2) is 67.4 Å². The number of piperazine rings is 1. The van der Waals surface area contributed by atoms with Gasteiger partial charge in [-0.2, -0.15) is 10.2 Å². The molecule has 3 aromatic rings. The minimum Gasteiger partial charge on any atom is -0.378 e. The first-order chi connectivity index (χ1) is 16.6. The number of halogens is 2. The maximum Gasteiger partial charge on any atom is 0.228 e. The van der Waals surface area contributed by atoms with Crippen LogP contribution in [0.2, 0.25) is 10.0 Å². The summed E-state index contributed by atoms with van der Waals surface area (Å²) in [4.78, 5) is 20.6. The molecule has 2 fully saturated rings. The third kappa shape index (κ3) is 4.60. The highest BCUT2D eigenvalue weighted by Crippen LogP contribution is 2.33. The van der Waals surface area contributed by atoms with E-state index >= 15 is 0 Å². The summed E-state index contributed by atoms with van der Waals surface area (Å²) in [5.74, 6) is 2.02. The fraction of sp³-hybridized carbons (Fsp3) is 0.333. The number of nitriles is 1. The molecule has 2 aromatic heterocycles. The van der Waals surface area contributed by atoms with Crippen LogP contribution in [0.4, 0.5) is 17.6 Å². The Hall–Kier alpha value is -3.12. The van der Waals surface area contributed by atoms with Gasteiger partial charge in [0.05, 0.1) is 23.9 Å². The van der Waals surface area contributed by atoms with Crippen molar-refractivity contribution in [1.29, 1.82) is 5.26 Å². The third-order valence-corrected chi connectivity index (χ3v) is 6.53. The van der Waals surface area contributed by atoms with Crippen molar-refractivity contribution in [2.75, 3.05) is 67.2 Å². The van der Waals surface area contributed by atoms with E-state index in [1.807, 2.05) is 36.4 Å². The van der Waals surface area contributed by atoms with Crippen molar-refractivity contribution in [3.05, 3.63) is 58.2 Å². The van der Waals surface area contributed by atoms with Gasteiger partial charge in [-0.05, 0) is 24.3 Å². The van der Waals surface area contributed by atoms with Crippen LogP contribution in [0.25, 0.3) is 11.3 Å². The van der Waals surface area contributed by atoms with Gasteiger partial charge in [-0.25, -0.2) is 9.97 Å². The molecule has 0 atom stereocenters. The number of benzene rings is 1. The first-order valence-electron chi connectivity index (χ1n) is 11.2. The number of morpholine rings is 1. The minimum absolute atomic E-state index is 0.448. The number of nitrogens with zero attached hydrogens (tertiary/aromatic N) is 7. The van der Waals surface area contributed by atoms with E-state index in [2.05, 4.69) is 25.8 Å². The van der Waals surface area contributed by atoms with Crippen LogP contribution in [0.5, 0.6) is 0 Å². The number of anilines is 3. The van der Waals surface area contributed by atoms with Crippen molar-refractivity contribution >= 4 is 40.8 Å². The fourth-order valence-electron chi connectivity index (χ4n) is 4.26. The lowest BCUT2D eigenvalue weighted by atomic mass is 10.1. The van der Waals surface area contributed by atoms with Crippen molar-refractivity contribution < 1.29 is 4.74 Å². The van der Waals surface area contributed by atoms with Gasteiger partial charge in [-0.15, -0.1) is 0 Å². The molecule has 0 bridgehead atoms. The molecule has 0 N–H and O–H groups in total. The second-order valence-electron chi connectivity index (χ2n) is 8.08. The van der Waals surface area contributed by atoms with E-state index in [1.165, 1.54) is 0 Å². The summed E-state index contributed by atoms with van der Waals surface area (Å²) in [5.41, 5.74) is 1.83. The van der Waals surface area contributed by atoms with E-state index < -0.39 is 0 Å². The van der Waals surface area contributed by atoms with Crippen LogP contribution in [-0.2, 0) is 4.74 Å². The molecule has 0 spiro atoms. The lowest BCUT2D eigenvalue weighted by Crippen LogP contribution is -2.47. The molecule has 0 radical (unpaired) electrons. The Morgan fingerprint density at radius 1 is 0.853 bits per heavy atom. The van der Waals surface area contributed by atoms with E-state index in [4.69, 9.17) is 37.9 Å². The topological polar surface area (TPSA) is 81.4 Å². The van der Waals surface area contributed by atoms with Gasteiger partial charge in [-0.1, -0.05) is 35.3 Å². The van der Waals surface area contributed by atoms with Gasteiger partial charge >= 0.3 is 0 Å². The standard InChI is InChI=1S/C24H23Cl2N7O/c25-18-4-1-3-17(15-18)21-19(16-27)22(30-24(29-21)33-11-13-34-14-12-33)31-7-9-32(10-8-31)23-20(26)5-2-6-28-23/h1-6,15H,7-14H2. The quantitative estimate of drug-likeness (QED) is 0.539. The van der Waals surface area contributed by atoms with Crippen LogP contribution in [0, 0.1) is 11.3 Å². The normalized spacial score (nSPS) is 16.4. The summed E-state index contributed by atoms with van der Waals surface area (Å²) in [6, 6.07) is 13.5. The van der Waals surface area contributed by atoms with Crippen LogP contribution in [0.15, 0.2) is 42.6 Å². The largest absolute Gasteiger partial charge is 0.378 e. The number of pyridine rings is 1. The first-order valence-corrected chi connectivity index (χ1v) is 11.9. The molecule has 174 valence electrons. The highest BCUT2D eigenvalue weighted by Gasteiger charge is 2.27. The zero-order valence-corrected chi connectivity index (χ0v) is 20.0. The molecule has 2 aliphatic heterocycles.